The zero-order valence-electron chi connectivity index (χ0n) is 24.8. The number of fused-ring (bicyclic) bond motifs is 1. The van der Waals surface area contributed by atoms with Crippen LogP contribution in [-0.2, 0) is 12.7 Å². The zero-order chi connectivity index (χ0) is 31.0. The van der Waals surface area contributed by atoms with E-state index in [0.717, 1.165) is 49.8 Å². The lowest BCUT2D eigenvalue weighted by Crippen LogP contribution is -2.35. The van der Waals surface area contributed by atoms with Crippen LogP contribution in [0.5, 0.6) is 0 Å². The molecule has 2 N–H and O–H groups in total. The summed E-state index contributed by atoms with van der Waals surface area (Å²) in [5.74, 6) is 0.205. The molecule has 6 rings (SSSR count). The van der Waals surface area contributed by atoms with Gasteiger partial charge >= 0.3 is 12.1 Å². The SMILES string of the molecule is CC(C1CCC1)[C@@H](C)Nc1nc(C(=O)O)nc2nc(N3CCCCC3c3ccncc3)n(Cc3ccc(C(F)(F)F)cc3)c12. The molecule has 232 valence electrons. The average molecular weight is 608 g/mol. The molecule has 2 unspecified atom stereocenters. The van der Waals surface area contributed by atoms with Gasteiger partial charge in [0.05, 0.1) is 18.2 Å². The second-order valence-electron chi connectivity index (χ2n) is 12.0. The van der Waals surface area contributed by atoms with Crippen molar-refractivity contribution in [3.05, 3.63) is 71.3 Å². The highest BCUT2D eigenvalue weighted by molar-refractivity contribution is 5.92. The third-order valence-electron chi connectivity index (χ3n) is 9.29. The summed E-state index contributed by atoms with van der Waals surface area (Å²) < 4.78 is 42.0. The quantitative estimate of drug-likeness (QED) is 0.210. The number of imidazole rings is 1. The molecule has 0 radical (unpaired) electrons. The van der Waals surface area contributed by atoms with Crippen LogP contribution >= 0.6 is 0 Å². The number of carbonyl (C=O) groups is 1. The molecule has 3 atom stereocenters. The summed E-state index contributed by atoms with van der Waals surface area (Å²) in [5, 5.41) is 13.4. The number of carboxylic acid groups (broad SMARTS) is 1. The maximum atomic E-state index is 13.3. The van der Waals surface area contributed by atoms with Gasteiger partial charge in [-0.25, -0.2) is 14.8 Å². The second-order valence-corrected chi connectivity index (χ2v) is 12.0. The molecule has 4 aromatic rings. The van der Waals surface area contributed by atoms with Crippen molar-refractivity contribution in [3.63, 3.8) is 0 Å². The molecule has 0 bridgehead atoms. The van der Waals surface area contributed by atoms with E-state index in [0.29, 0.717) is 41.2 Å². The number of piperidine rings is 1. The van der Waals surface area contributed by atoms with Gasteiger partial charge in [0.15, 0.2) is 11.5 Å². The number of carboxylic acids is 1. The van der Waals surface area contributed by atoms with Crippen molar-refractivity contribution in [2.45, 2.75) is 77.2 Å². The predicted molar refractivity (Wildman–Crippen MR) is 161 cm³/mol. The Hall–Kier alpha value is -4.22. The summed E-state index contributed by atoms with van der Waals surface area (Å²) in [7, 11) is 0. The molecule has 3 aromatic heterocycles. The van der Waals surface area contributed by atoms with Gasteiger partial charge in [-0.3, -0.25) is 4.98 Å². The van der Waals surface area contributed by atoms with E-state index in [4.69, 9.17) is 4.98 Å². The largest absolute Gasteiger partial charge is 0.475 e. The van der Waals surface area contributed by atoms with Crippen molar-refractivity contribution < 1.29 is 23.1 Å². The number of nitrogens with zero attached hydrogens (tertiary/aromatic N) is 6. The fraction of sp³-hybridized carbons (Fsp3) is 0.469. The molecule has 0 amide bonds. The molecule has 12 heteroatoms. The number of aromatic nitrogens is 5. The summed E-state index contributed by atoms with van der Waals surface area (Å²) >= 11 is 0. The molecule has 1 saturated heterocycles. The molecule has 1 aliphatic carbocycles. The fourth-order valence-corrected chi connectivity index (χ4v) is 6.40. The van der Waals surface area contributed by atoms with Crippen molar-refractivity contribution in [2.24, 2.45) is 11.8 Å². The first-order valence-electron chi connectivity index (χ1n) is 15.2. The predicted octanol–water partition coefficient (Wildman–Crippen LogP) is 6.95. The van der Waals surface area contributed by atoms with E-state index in [1.54, 1.807) is 12.4 Å². The maximum absolute atomic E-state index is 13.3. The molecule has 0 spiro atoms. The van der Waals surface area contributed by atoms with E-state index in [2.05, 4.69) is 39.0 Å². The van der Waals surface area contributed by atoms with E-state index in [9.17, 15) is 23.1 Å². The van der Waals surface area contributed by atoms with Crippen LogP contribution in [0.15, 0.2) is 48.8 Å². The Bertz CT molecular complexity index is 1620. The Kier molecular flexibility index (Phi) is 8.17. The molecular weight excluding hydrogens is 571 g/mol. The normalized spacial score (nSPS) is 19.0. The van der Waals surface area contributed by atoms with E-state index >= 15 is 0 Å². The molecule has 44 heavy (non-hydrogen) atoms. The van der Waals surface area contributed by atoms with Crippen LogP contribution in [0, 0.1) is 11.8 Å². The summed E-state index contributed by atoms with van der Waals surface area (Å²) in [5.41, 5.74) is 1.74. The minimum atomic E-state index is -4.44. The first-order chi connectivity index (χ1) is 21.1. The Balaban J connectivity index is 1.50. The Morgan fingerprint density at radius 1 is 1.00 bits per heavy atom. The van der Waals surface area contributed by atoms with Crippen LogP contribution in [0.2, 0.25) is 0 Å². The van der Waals surface area contributed by atoms with Crippen molar-refractivity contribution >= 4 is 28.9 Å². The average Bonchev–Trinajstić information content (AvgIpc) is 3.34. The number of nitrogens with one attached hydrogen (secondary N) is 1. The number of pyridine rings is 1. The van der Waals surface area contributed by atoms with Crippen LogP contribution in [0.4, 0.5) is 24.9 Å². The van der Waals surface area contributed by atoms with Crippen LogP contribution in [0.1, 0.15) is 85.7 Å². The monoisotopic (exact) mass is 607 g/mol. The van der Waals surface area contributed by atoms with Gasteiger partial charge in [-0.05, 0) is 73.4 Å². The zero-order valence-corrected chi connectivity index (χ0v) is 24.8. The van der Waals surface area contributed by atoms with Crippen LogP contribution in [0.25, 0.3) is 11.2 Å². The van der Waals surface area contributed by atoms with Gasteiger partial charge in [0.1, 0.15) is 5.52 Å². The highest BCUT2D eigenvalue weighted by Gasteiger charge is 2.33. The number of rotatable bonds is 9. The summed E-state index contributed by atoms with van der Waals surface area (Å²) in [6, 6.07) is 9.01. The Morgan fingerprint density at radius 3 is 2.36 bits per heavy atom. The highest BCUT2D eigenvalue weighted by atomic mass is 19.4. The van der Waals surface area contributed by atoms with Crippen molar-refractivity contribution in [1.82, 2.24) is 24.5 Å². The van der Waals surface area contributed by atoms with Crippen molar-refractivity contribution in [2.75, 3.05) is 16.8 Å². The smallest absolute Gasteiger partial charge is 0.416 e. The third-order valence-corrected chi connectivity index (χ3v) is 9.29. The number of benzene rings is 1. The van der Waals surface area contributed by atoms with Crippen LogP contribution in [0.3, 0.4) is 0 Å². The second kappa shape index (κ2) is 12.0. The van der Waals surface area contributed by atoms with Crippen LogP contribution in [-0.4, -0.2) is 48.2 Å². The first kappa shape index (κ1) is 29.8. The molecule has 2 aliphatic rings. The number of halogens is 3. The number of anilines is 2. The van der Waals surface area contributed by atoms with Gasteiger partial charge < -0.3 is 19.9 Å². The van der Waals surface area contributed by atoms with E-state index in [1.807, 2.05) is 16.7 Å². The number of aromatic carboxylic acids is 1. The maximum Gasteiger partial charge on any atom is 0.416 e. The number of alkyl halides is 3. The summed E-state index contributed by atoms with van der Waals surface area (Å²) in [4.78, 5) is 32.2. The third kappa shape index (κ3) is 5.94. The molecule has 4 heterocycles. The topological polar surface area (TPSA) is 109 Å². The van der Waals surface area contributed by atoms with E-state index in [1.165, 1.54) is 18.6 Å². The number of hydrogen-bond donors (Lipinski definition) is 2. The minimum Gasteiger partial charge on any atom is -0.475 e. The lowest BCUT2D eigenvalue weighted by molar-refractivity contribution is -0.137. The standard InChI is InChI=1S/C32H36F3N7O2/c1-19(22-6-5-7-22)20(2)37-27-26-28(39-29(38-27)30(43)44)40-31(41-17-4-3-8-25(41)23-13-15-36-16-14-23)42(26)18-21-9-11-24(12-10-21)32(33,34)35/h9-16,19-20,22,25H,3-8,17-18H2,1-2H3,(H,43,44)(H,37,38,39)/t19?,20-,25?/m1/s1. The van der Waals surface area contributed by atoms with Gasteiger partial charge in [-0.2, -0.15) is 18.2 Å². The van der Waals surface area contributed by atoms with Gasteiger partial charge in [0.25, 0.3) is 0 Å². The lowest BCUT2D eigenvalue weighted by Gasteiger charge is -2.37. The van der Waals surface area contributed by atoms with E-state index in [-0.39, 0.29) is 30.1 Å². The molecule has 1 aromatic carbocycles. The molecular formula is C32H36F3N7O2. The summed E-state index contributed by atoms with van der Waals surface area (Å²) in [6.07, 6.45) is 5.42. The lowest BCUT2D eigenvalue weighted by atomic mass is 9.74. The molecule has 1 saturated carbocycles. The fourth-order valence-electron chi connectivity index (χ4n) is 6.40. The highest BCUT2D eigenvalue weighted by Crippen LogP contribution is 2.39. The van der Waals surface area contributed by atoms with E-state index < -0.39 is 17.7 Å². The van der Waals surface area contributed by atoms with Gasteiger partial charge in [0, 0.05) is 25.0 Å². The van der Waals surface area contributed by atoms with Crippen molar-refractivity contribution in [3.8, 4) is 0 Å². The van der Waals surface area contributed by atoms with Gasteiger partial charge in [0.2, 0.25) is 11.8 Å². The molecule has 2 fully saturated rings. The Labute approximate surface area is 253 Å². The van der Waals surface area contributed by atoms with Crippen molar-refractivity contribution in [1.29, 1.82) is 0 Å². The van der Waals surface area contributed by atoms with Gasteiger partial charge in [-0.1, -0.05) is 38.3 Å². The minimum absolute atomic E-state index is 0.0162. The number of hydrogen-bond acceptors (Lipinski definition) is 7. The van der Waals surface area contributed by atoms with Gasteiger partial charge in [-0.15, -0.1) is 0 Å². The first-order valence-corrected chi connectivity index (χ1v) is 15.2. The van der Waals surface area contributed by atoms with Crippen LogP contribution < -0.4 is 10.2 Å². The summed E-state index contributed by atoms with van der Waals surface area (Å²) in [6.45, 7) is 5.15. The Morgan fingerprint density at radius 2 is 1.73 bits per heavy atom. The molecule has 1 aliphatic heterocycles. The molecule has 9 nitrogen and oxygen atoms in total.